The quantitative estimate of drug-likeness (QED) is 0.591. The number of carboxylic acid groups (broad SMARTS) is 1. The Morgan fingerprint density at radius 3 is 2.31 bits per heavy atom. The Kier molecular flexibility index (Phi) is 4.77. The molecule has 78 valence electrons. The fourth-order valence-electron chi connectivity index (χ4n) is 1.16. The van der Waals surface area contributed by atoms with Crippen LogP contribution >= 0.6 is 0 Å². The Hall–Kier alpha value is -0.770. The van der Waals surface area contributed by atoms with E-state index in [1.54, 1.807) is 0 Å². The molecule has 1 unspecified atom stereocenters. The summed E-state index contributed by atoms with van der Waals surface area (Å²) in [5.41, 5.74) is 5.08. The highest BCUT2D eigenvalue weighted by Crippen LogP contribution is 2.22. The van der Waals surface area contributed by atoms with Gasteiger partial charge in [-0.1, -0.05) is 34.1 Å². The minimum atomic E-state index is -1.04. The molecular weight excluding hydrogens is 168 g/mol. The molecule has 0 aromatic carbocycles. The molecule has 0 aromatic heterocycles. The van der Waals surface area contributed by atoms with Crippen LogP contribution in [0, 0.1) is 5.41 Å². The molecule has 0 fully saturated rings. The van der Waals surface area contributed by atoms with Crippen molar-refractivity contribution in [3.8, 4) is 0 Å². The topological polar surface area (TPSA) is 61.4 Å². The van der Waals surface area contributed by atoms with Crippen molar-refractivity contribution in [2.24, 2.45) is 5.41 Å². The maximum Gasteiger partial charge on any atom is 0.419 e. The Morgan fingerprint density at radius 1 is 1.46 bits per heavy atom. The van der Waals surface area contributed by atoms with Crippen molar-refractivity contribution in [2.45, 2.75) is 46.6 Å². The third-order valence-electron chi connectivity index (χ3n) is 1.98. The van der Waals surface area contributed by atoms with Gasteiger partial charge in [-0.15, -0.1) is 0 Å². The summed E-state index contributed by atoms with van der Waals surface area (Å²) in [5, 5.41) is 8.42. The third-order valence-corrected chi connectivity index (χ3v) is 1.98. The number of amides is 1. The average Bonchev–Trinajstić information content (AvgIpc) is 1.95. The summed E-state index contributed by atoms with van der Waals surface area (Å²) >= 11 is 0. The van der Waals surface area contributed by atoms with Gasteiger partial charge in [-0.3, -0.25) is 5.43 Å². The highest BCUT2D eigenvalue weighted by molar-refractivity contribution is 5.63. The van der Waals surface area contributed by atoms with Gasteiger partial charge in [-0.05, 0) is 11.8 Å². The summed E-state index contributed by atoms with van der Waals surface area (Å²) in [6.45, 7) is 8.35. The lowest BCUT2D eigenvalue weighted by Gasteiger charge is -2.30. The molecule has 0 rings (SSSR count). The highest BCUT2D eigenvalue weighted by atomic mass is 16.4. The van der Waals surface area contributed by atoms with Crippen LogP contribution in [-0.4, -0.2) is 17.2 Å². The summed E-state index contributed by atoms with van der Waals surface area (Å²) in [5.74, 6) is 0. The van der Waals surface area contributed by atoms with Gasteiger partial charge in [0.1, 0.15) is 0 Å². The smallest absolute Gasteiger partial charge is 0.419 e. The first-order chi connectivity index (χ1) is 5.88. The first-order valence-electron chi connectivity index (χ1n) is 4.62. The van der Waals surface area contributed by atoms with Crippen LogP contribution in [0.1, 0.15) is 40.5 Å². The zero-order valence-corrected chi connectivity index (χ0v) is 8.85. The van der Waals surface area contributed by atoms with Crippen LogP contribution in [0.15, 0.2) is 0 Å². The lowest BCUT2D eigenvalue weighted by molar-refractivity contribution is 0.172. The van der Waals surface area contributed by atoms with Crippen molar-refractivity contribution in [1.29, 1.82) is 0 Å². The van der Waals surface area contributed by atoms with Gasteiger partial charge in [0.2, 0.25) is 0 Å². The Labute approximate surface area is 79.7 Å². The van der Waals surface area contributed by atoms with Gasteiger partial charge >= 0.3 is 6.09 Å². The second-order valence-corrected chi connectivity index (χ2v) is 4.28. The first kappa shape index (κ1) is 12.2. The van der Waals surface area contributed by atoms with Crippen LogP contribution in [0.25, 0.3) is 0 Å². The van der Waals surface area contributed by atoms with Crippen molar-refractivity contribution in [3.05, 3.63) is 0 Å². The van der Waals surface area contributed by atoms with E-state index in [0.29, 0.717) is 0 Å². The summed E-state index contributed by atoms with van der Waals surface area (Å²) in [6.07, 6.45) is 0.963. The van der Waals surface area contributed by atoms with Gasteiger partial charge in [0.05, 0.1) is 0 Å². The number of hydrazine groups is 1. The molecule has 0 aliphatic carbocycles. The predicted octanol–water partition coefficient (Wildman–Crippen LogP) is 1.97. The van der Waals surface area contributed by atoms with E-state index in [0.717, 1.165) is 12.8 Å². The molecule has 4 nitrogen and oxygen atoms in total. The van der Waals surface area contributed by atoms with Crippen LogP contribution in [-0.2, 0) is 0 Å². The van der Waals surface area contributed by atoms with Crippen LogP contribution in [0.5, 0.6) is 0 Å². The normalized spacial score (nSPS) is 13.8. The minimum absolute atomic E-state index is 0.0679. The van der Waals surface area contributed by atoms with E-state index >= 15 is 0 Å². The summed E-state index contributed by atoms with van der Waals surface area (Å²) in [4.78, 5) is 10.3. The number of carbonyl (C=O) groups is 1. The predicted molar refractivity (Wildman–Crippen MR) is 52.4 cm³/mol. The number of rotatable bonds is 4. The van der Waals surface area contributed by atoms with Gasteiger partial charge in [0.15, 0.2) is 0 Å². The summed E-state index contributed by atoms with van der Waals surface area (Å²) in [7, 11) is 0. The molecule has 4 heteroatoms. The third kappa shape index (κ3) is 5.47. The van der Waals surface area contributed by atoms with Crippen molar-refractivity contribution in [1.82, 2.24) is 10.9 Å². The number of hydrogen-bond acceptors (Lipinski definition) is 2. The maximum atomic E-state index is 10.3. The molecule has 13 heavy (non-hydrogen) atoms. The molecule has 1 atom stereocenters. The summed E-state index contributed by atoms with van der Waals surface area (Å²) in [6, 6.07) is 0.175. The molecule has 1 amide bonds. The molecule has 3 N–H and O–H groups in total. The molecule has 0 aromatic rings. The molecule has 0 radical (unpaired) electrons. The lowest BCUT2D eigenvalue weighted by Crippen LogP contribution is -2.49. The van der Waals surface area contributed by atoms with E-state index in [1.165, 1.54) is 0 Å². The summed E-state index contributed by atoms with van der Waals surface area (Å²) < 4.78 is 0. The van der Waals surface area contributed by atoms with Crippen molar-refractivity contribution >= 4 is 6.09 Å². The van der Waals surface area contributed by atoms with Crippen molar-refractivity contribution in [2.75, 3.05) is 0 Å². The van der Waals surface area contributed by atoms with Gasteiger partial charge in [0, 0.05) is 6.04 Å². The van der Waals surface area contributed by atoms with E-state index in [2.05, 4.69) is 38.5 Å². The van der Waals surface area contributed by atoms with Crippen molar-refractivity contribution < 1.29 is 9.90 Å². The van der Waals surface area contributed by atoms with E-state index in [4.69, 9.17) is 5.11 Å². The maximum absolute atomic E-state index is 10.3. The van der Waals surface area contributed by atoms with Crippen LogP contribution in [0.4, 0.5) is 4.79 Å². The Balaban J connectivity index is 4.02. The van der Waals surface area contributed by atoms with E-state index < -0.39 is 6.09 Å². The van der Waals surface area contributed by atoms with E-state index in [1.807, 2.05) is 0 Å². The SMILES string of the molecule is CCCC(NNC(=O)O)C(C)(C)C. The van der Waals surface area contributed by atoms with Crippen LogP contribution in [0.3, 0.4) is 0 Å². The number of nitrogens with one attached hydrogen (secondary N) is 2. The monoisotopic (exact) mass is 188 g/mol. The lowest BCUT2D eigenvalue weighted by atomic mass is 9.85. The molecule has 0 saturated heterocycles. The Morgan fingerprint density at radius 2 is 2.00 bits per heavy atom. The largest absolute Gasteiger partial charge is 0.464 e. The number of hydrogen-bond donors (Lipinski definition) is 3. The molecule has 0 bridgehead atoms. The zero-order chi connectivity index (χ0) is 10.5. The van der Waals surface area contributed by atoms with Gasteiger partial charge in [0.25, 0.3) is 0 Å². The molecule has 0 aliphatic heterocycles. The molecular formula is C9H20N2O2. The average molecular weight is 188 g/mol. The fourth-order valence-corrected chi connectivity index (χ4v) is 1.16. The fraction of sp³-hybridized carbons (Fsp3) is 0.889. The van der Waals surface area contributed by atoms with E-state index in [9.17, 15) is 4.79 Å². The van der Waals surface area contributed by atoms with Crippen molar-refractivity contribution in [3.63, 3.8) is 0 Å². The minimum Gasteiger partial charge on any atom is -0.464 e. The van der Waals surface area contributed by atoms with Crippen LogP contribution < -0.4 is 10.9 Å². The molecule has 0 aliphatic rings. The molecule has 0 spiro atoms. The molecule has 0 heterocycles. The second kappa shape index (κ2) is 5.07. The van der Waals surface area contributed by atoms with Gasteiger partial charge in [-0.25, -0.2) is 10.2 Å². The van der Waals surface area contributed by atoms with E-state index in [-0.39, 0.29) is 11.5 Å². The second-order valence-electron chi connectivity index (χ2n) is 4.28. The van der Waals surface area contributed by atoms with Crippen LogP contribution in [0.2, 0.25) is 0 Å². The van der Waals surface area contributed by atoms with Gasteiger partial charge in [-0.2, -0.15) is 0 Å². The Bertz CT molecular complexity index is 163. The zero-order valence-electron chi connectivity index (χ0n) is 8.85. The first-order valence-corrected chi connectivity index (χ1v) is 4.62. The standard InChI is InChI=1S/C9H20N2O2/c1-5-6-7(9(2,3)4)10-11-8(12)13/h7,10-11H,5-6H2,1-4H3,(H,12,13). The highest BCUT2D eigenvalue weighted by Gasteiger charge is 2.23. The molecule has 0 saturated carbocycles. The van der Waals surface area contributed by atoms with Gasteiger partial charge < -0.3 is 5.11 Å².